The van der Waals surface area contributed by atoms with Crippen molar-refractivity contribution < 1.29 is 4.79 Å². The number of hydrogen-bond donors (Lipinski definition) is 1. The Hall–Kier alpha value is -1.39. The van der Waals surface area contributed by atoms with E-state index in [0.29, 0.717) is 6.42 Å². The third-order valence-electron chi connectivity index (χ3n) is 4.58. The second-order valence-corrected chi connectivity index (χ2v) is 6.59. The lowest BCUT2D eigenvalue weighted by Crippen LogP contribution is -2.47. The Labute approximate surface area is 140 Å². The number of unbranched alkanes of at least 4 members (excludes halogenated alkanes) is 2. The number of nitrogens with one attached hydrogen (secondary N) is 1. The monoisotopic (exact) mass is 317 g/mol. The Kier molecular flexibility index (Phi) is 7.56. The Balaban J connectivity index is 1.93. The molecular weight excluding hydrogens is 286 g/mol. The first-order valence-electron chi connectivity index (χ1n) is 8.94. The van der Waals surface area contributed by atoms with Crippen molar-refractivity contribution in [3.8, 4) is 0 Å². The standard InChI is InChI=1S/C19H31N3O/c1-3-4-6-11-19(23)20-18(17-9-7-5-8-10-17)16-22-14-12-21(2)13-15-22/h5,7-10,18H,3-4,6,11-16H2,1-2H3,(H,20,23)/t18-/m0/s1. The van der Waals surface area contributed by atoms with E-state index in [4.69, 9.17) is 0 Å². The zero-order chi connectivity index (χ0) is 16.5. The Morgan fingerprint density at radius 3 is 2.48 bits per heavy atom. The van der Waals surface area contributed by atoms with Gasteiger partial charge < -0.3 is 10.2 Å². The van der Waals surface area contributed by atoms with Crippen molar-refractivity contribution in [1.29, 1.82) is 0 Å². The van der Waals surface area contributed by atoms with E-state index in [-0.39, 0.29) is 11.9 Å². The van der Waals surface area contributed by atoms with E-state index in [9.17, 15) is 4.79 Å². The van der Waals surface area contributed by atoms with Crippen molar-refractivity contribution in [1.82, 2.24) is 15.1 Å². The molecule has 0 radical (unpaired) electrons. The number of benzene rings is 1. The number of carbonyl (C=O) groups excluding carboxylic acids is 1. The highest BCUT2D eigenvalue weighted by atomic mass is 16.1. The highest BCUT2D eigenvalue weighted by Gasteiger charge is 2.20. The molecule has 0 bridgehead atoms. The topological polar surface area (TPSA) is 35.6 Å². The largest absolute Gasteiger partial charge is 0.348 e. The highest BCUT2D eigenvalue weighted by molar-refractivity contribution is 5.76. The quantitative estimate of drug-likeness (QED) is 0.749. The fraction of sp³-hybridized carbons (Fsp3) is 0.632. The van der Waals surface area contributed by atoms with Crippen LogP contribution in [0.4, 0.5) is 0 Å². The molecule has 1 aliphatic rings. The average Bonchev–Trinajstić information content (AvgIpc) is 2.57. The van der Waals surface area contributed by atoms with Crippen molar-refractivity contribution in [2.24, 2.45) is 0 Å². The molecule has 4 nitrogen and oxygen atoms in total. The van der Waals surface area contributed by atoms with Crippen LogP contribution in [0.15, 0.2) is 30.3 Å². The molecule has 128 valence electrons. The molecule has 1 atom stereocenters. The van der Waals surface area contributed by atoms with Gasteiger partial charge in [0.1, 0.15) is 0 Å². The van der Waals surface area contributed by atoms with Gasteiger partial charge in [-0.1, -0.05) is 50.1 Å². The van der Waals surface area contributed by atoms with Gasteiger partial charge in [0.25, 0.3) is 0 Å². The van der Waals surface area contributed by atoms with Crippen LogP contribution in [0.3, 0.4) is 0 Å². The highest BCUT2D eigenvalue weighted by Crippen LogP contribution is 2.16. The molecule has 0 aliphatic carbocycles. The molecule has 1 amide bonds. The lowest BCUT2D eigenvalue weighted by Gasteiger charge is -2.35. The maximum Gasteiger partial charge on any atom is 0.220 e. The van der Waals surface area contributed by atoms with Crippen LogP contribution in [0.1, 0.15) is 44.2 Å². The first kappa shape index (κ1) is 18.0. The van der Waals surface area contributed by atoms with E-state index in [0.717, 1.165) is 52.0 Å². The Morgan fingerprint density at radius 2 is 1.83 bits per heavy atom. The molecule has 1 aliphatic heterocycles. The number of hydrogen-bond acceptors (Lipinski definition) is 3. The summed E-state index contributed by atoms with van der Waals surface area (Å²) in [6.07, 6.45) is 3.90. The summed E-state index contributed by atoms with van der Waals surface area (Å²) in [7, 11) is 2.17. The fourth-order valence-corrected chi connectivity index (χ4v) is 3.01. The minimum atomic E-state index is 0.0914. The summed E-state index contributed by atoms with van der Waals surface area (Å²) in [4.78, 5) is 17.1. The molecule has 1 heterocycles. The van der Waals surface area contributed by atoms with Gasteiger partial charge >= 0.3 is 0 Å². The molecule has 0 aromatic heterocycles. The summed E-state index contributed by atoms with van der Waals surface area (Å²) < 4.78 is 0. The van der Waals surface area contributed by atoms with Crippen LogP contribution in [0.5, 0.6) is 0 Å². The van der Waals surface area contributed by atoms with Crippen molar-refractivity contribution in [2.45, 2.75) is 38.6 Å². The zero-order valence-corrected chi connectivity index (χ0v) is 14.6. The van der Waals surface area contributed by atoms with Gasteiger partial charge in [0.15, 0.2) is 0 Å². The van der Waals surface area contributed by atoms with Gasteiger partial charge in [-0.25, -0.2) is 0 Å². The van der Waals surface area contributed by atoms with Crippen LogP contribution < -0.4 is 5.32 Å². The van der Waals surface area contributed by atoms with E-state index in [2.05, 4.69) is 53.4 Å². The van der Waals surface area contributed by atoms with Crippen LogP contribution in [0.2, 0.25) is 0 Å². The van der Waals surface area contributed by atoms with Crippen molar-refractivity contribution in [3.05, 3.63) is 35.9 Å². The molecule has 4 heteroatoms. The minimum absolute atomic E-state index is 0.0914. The smallest absolute Gasteiger partial charge is 0.220 e. The lowest BCUT2D eigenvalue weighted by atomic mass is 10.1. The molecule has 0 unspecified atom stereocenters. The summed E-state index contributed by atoms with van der Waals surface area (Å²) in [6, 6.07) is 10.5. The molecule has 1 N–H and O–H groups in total. The number of amides is 1. The third-order valence-corrected chi connectivity index (χ3v) is 4.58. The maximum absolute atomic E-state index is 12.3. The van der Waals surface area contributed by atoms with Crippen molar-refractivity contribution in [3.63, 3.8) is 0 Å². The molecule has 1 saturated heterocycles. The van der Waals surface area contributed by atoms with Gasteiger partial charge in [-0.3, -0.25) is 9.69 Å². The van der Waals surface area contributed by atoms with Crippen LogP contribution in [-0.2, 0) is 4.79 Å². The predicted octanol–water partition coefficient (Wildman–Crippen LogP) is 2.67. The van der Waals surface area contributed by atoms with E-state index in [1.807, 2.05) is 6.07 Å². The van der Waals surface area contributed by atoms with Crippen molar-refractivity contribution in [2.75, 3.05) is 39.8 Å². The summed E-state index contributed by atoms with van der Waals surface area (Å²) in [5, 5.41) is 3.26. The molecule has 0 spiro atoms. The maximum atomic E-state index is 12.3. The van der Waals surface area contributed by atoms with Gasteiger partial charge in [-0.05, 0) is 19.0 Å². The van der Waals surface area contributed by atoms with E-state index in [1.165, 1.54) is 5.56 Å². The van der Waals surface area contributed by atoms with Crippen LogP contribution >= 0.6 is 0 Å². The number of carbonyl (C=O) groups is 1. The Bertz CT molecular complexity index is 455. The van der Waals surface area contributed by atoms with Crippen LogP contribution in [0, 0.1) is 0 Å². The second kappa shape index (κ2) is 9.68. The molecule has 1 fully saturated rings. The van der Waals surface area contributed by atoms with Gasteiger partial charge in [0.05, 0.1) is 6.04 Å². The minimum Gasteiger partial charge on any atom is -0.348 e. The van der Waals surface area contributed by atoms with Crippen molar-refractivity contribution >= 4 is 5.91 Å². The molecule has 0 saturated carbocycles. The van der Waals surface area contributed by atoms with E-state index in [1.54, 1.807) is 0 Å². The van der Waals surface area contributed by atoms with Crippen LogP contribution in [-0.4, -0.2) is 55.5 Å². The number of rotatable bonds is 8. The predicted molar refractivity (Wildman–Crippen MR) is 95.4 cm³/mol. The zero-order valence-electron chi connectivity index (χ0n) is 14.6. The first-order valence-corrected chi connectivity index (χ1v) is 8.94. The second-order valence-electron chi connectivity index (χ2n) is 6.59. The summed E-state index contributed by atoms with van der Waals surface area (Å²) in [5.41, 5.74) is 1.20. The van der Waals surface area contributed by atoms with Crippen LogP contribution in [0.25, 0.3) is 0 Å². The number of nitrogens with zero attached hydrogens (tertiary/aromatic N) is 2. The average molecular weight is 317 g/mol. The Morgan fingerprint density at radius 1 is 1.13 bits per heavy atom. The number of piperazine rings is 1. The van der Waals surface area contributed by atoms with Gasteiger partial charge in [0, 0.05) is 39.1 Å². The SMILES string of the molecule is CCCCCC(=O)N[C@@H](CN1CCN(C)CC1)c1ccccc1. The first-order chi connectivity index (χ1) is 11.2. The van der Waals surface area contributed by atoms with E-state index >= 15 is 0 Å². The summed E-state index contributed by atoms with van der Waals surface area (Å²) >= 11 is 0. The normalized spacial score (nSPS) is 17.8. The third kappa shape index (κ3) is 6.32. The number of likely N-dealkylation sites (N-methyl/N-ethyl adjacent to an activating group) is 1. The van der Waals surface area contributed by atoms with E-state index < -0.39 is 0 Å². The lowest BCUT2D eigenvalue weighted by molar-refractivity contribution is -0.122. The van der Waals surface area contributed by atoms with Gasteiger partial charge in [-0.2, -0.15) is 0 Å². The fourth-order valence-electron chi connectivity index (χ4n) is 3.01. The van der Waals surface area contributed by atoms with Gasteiger partial charge in [-0.15, -0.1) is 0 Å². The molecular formula is C19H31N3O. The summed E-state index contributed by atoms with van der Waals surface area (Å²) in [6.45, 7) is 7.42. The molecule has 23 heavy (non-hydrogen) atoms. The molecule has 1 aromatic rings. The van der Waals surface area contributed by atoms with Gasteiger partial charge in [0.2, 0.25) is 5.91 Å². The molecule has 2 rings (SSSR count). The summed E-state index contributed by atoms with van der Waals surface area (Å²) in [5.74, 6) is 0.182. The molecule has 1 aromatic carbocycles.